The average molecular weight is 554 g/mol. The fourth-order valence-corrected chi connectivity index (χ4v) is 5.63. The van der Waals surface area contributed by atoms with Crippen LogP contribution >= 0.6 is 0 Å². The molecular formula is C30H18O11. The second-order valence-electron chi connectivity index (χ2n) is 9.86. The van der Waals surface area contributed by atoms with Crippen molar-refractivity contribution in [2.45, 2.75) is 13.8 Å². The molecule has 2 aliphatic carbocycles. The van der Waals surface area contributed by atoms with Crippen molar-refractivity contribution in [1.82, 2.24) is 0 Å². The number of aryl methyl sites for hydroxylation is 2. The molecule has 0 aromatic heterocycles. The lowest BCUT2D eigenvalue weighted by Crippen LogP contribution is -2.25. The number of hydrogen-bond donors (Lipinski definition) is 7. The summed E-state index contributed by atoms with van der Waals surface area (Å²) in [5.74, 6) is -9.13. The lowest BCUT2D eigenvalue weighted by molar-refractivity contribution is 0.0970. The topological polar surface area (TPSA) is 210 Å². The number of benzene rings is 4. The molecule has 0 amide bonds. The Hall–Kier alpha value is -5.84. The fraction of sp³-hybridized carbons (Fsp3) is 0.0667. The summed E-state index contributed by atoms with van der Waals surface area (Å²) in [4.78, 5) is 54.8. The third-order valence-electron chi connectivity index (χ3n) is 7.49. The molecule has 2 aliphatic rings. The minimum atomic E-state index is -1.10. The molecule has 7 N–H and O–H groups in total. The monoisotopic (exact) mass is 554 g/mol. The van der Waals surface area contributed by atoms with Crippen molar-refractivity contribution in [1.29, 1.82) is 0 Å². The highest BCUT2D eigenvalue weighted by Crippen LogP contribution is 2.51. The van der Waals surface area contributed by atoms with Crippen molar-refractivity contribution >= 4 is 23.1 Å². The van der Waals surface area contributed by atoms with Crippen LogP contribution in [0.4, 0.5) is 0 Å². The van der Waals surface area contributed by atoms with Gasteiger partial charge in [0.25, 0.3) is 0 Å². The first-order chi connectivity index (χ1) is 19.3. The molecule has 11 heteroatoms. The van der Waals surface area contributed by atoms with Crippen molar-refractivity contribution in [2.24, 2.45) is 0 Å². The molecule has 204 valence electrons. The third kappa shape index (κ3) is 3.08. The first-order valence-corrected chi connectivity index (χ1v) is 12.0. The van der Waals surface area contributed by atoms with Crippen LogP contribution in [0, 0.1) is 13.8 Å². The van der Waals surface area contributed by atoms with Gasteiger partial charge in [0.2, 0.25) is 11.6 Å². The molecule has 41 heavy (non-hydrogen) atoms. The van der Waals surface area contributed by atoms with E-state index in [2.05, 4.69) is 0 Å². The quantitative estimate of drug-likeness (QED) is 0.146. The molecule has 4 aromatic rings. The predicted molar refractivity (Wildman–Crippen MR) is 140 cm³/mol. The van der Waals surface area contributed by atoms with Crippen molar-refractivity contribution in [3.63, 3.8) is 0 Å². The second kappa shape index (κ2) is 8.09. The van der Waals surface area contributed by atoms with Crippen LogP contribution in [-0.2, 0) is 0 Å². The summed E-state index contributed by atoms with van der Waals surface area (Å²) in [7, 11) is 0. The van der Waals surface area contributed by atoms with E-state index in [1.165, 1.54) is 13.8 Å². The molecule has 0 aliphatic heterocycles. The van der Waals surface area contributed by atoms with E-state index in [0.717, 1.165) is 30.3 Å². The van der Waals surface area contributed by atoms with Crippen LogP contribution in [0.5, 0.6) is 40.2 Å². The molecule has 0 fully saturated rings. The van der Waals surface area contributed by atoms with Gasteiger partial charge in [-0.1, -0.05) is 0 Å². The van der Waals surface area contributed by atoms with Crippen LogP contribution in [0.25, 0.3) is 11.1 Å². The van der Waals surface area contributed by atoms with Crippen LogP contribution in [0.15, 0.2) is 30.3 Å². The van der Waals surface area contributed by atoms with Crippen LogP contribution in [-0.4, -0.2) is 58.9 Å². The zero-order valence-electron chi connectivity index (χ0n) is 21.2. The Morgan fingerprint density at radius 3 is 1.27 bits per heavy atom. The lowest BCUT2D eigenvalue weighted by atomic mass is 9.74. The predicted octanol–water partition coefficient (Wildman–Crippen LogP) is 3.46. The van der Waals surface area contributed by atoms with Gasteiger partial charge in [0.05, 0.1) is 33.4 Å². The van der Waals surface area contributed by atoms with Crippen molar-refractivity contribution in [3.05, 3.63) is 86.0 Å². The van der Waals surface area contributed by atoms with Crippen LogP contribution < -0.4 is 0 Å². The summed E-state index contributed by atoms with van der Waals surface area (Å²) in [5.41, 5.74) is -5.53. The summed E-state index contributed by atoms with van der Waals surface area (Å²) in [6.07, 6.45) is 0. The molecule has 0 atom stereocenters. The van der Waals surface area contributed by atoms with Gasteiger partial charge >= 0.3 is 0 Å². The third-order valence-corrected chi connectivity index (χ3v) is 7.49. The summed E-state index contributed by atoms with van der Waals surface area (Å²) in [6, 6.07) is 4.93. The van der Waals surface area contributed by atoms with E-state index in [1.807, 2.05) is 0 Å². The van der Waals surface area contributed by atoms with E-state index >= 15 is 0 Å². The Morgan fingerprint density at radius 1 is 0.390 bits per heavy atom. The lowest BCUT2D eigenvalue weighted by Gasteiger charge is -2.27. The Labute approximate surface area is 229 Å². The summed E-state index contributed by atoms with van der Waals surface area (Å²) < 4.78 is 0. The first-order valence-electron chi connectivity index (χ1n) is 12.0. The van der Waals surface area contributed by atoms with Crippen LogP contribution in [0.3, 0.4) is 0 Å². The number of ketones is 4. The molecule has 0 radical (unpaired) electrons. The van der Waals surface area contributed by atoms with Gasteiger partial charge in [-0.15, -0.1) is 0 Å². The van der Waals surface area contributed by atoms with E-state index < -0.39 is 113 Å². The Balaban J connectivity index is 1.74. The highest BCUT2D eigenvalue weighted by Gasteiger charge is 2.43. The van der Waals surface area contributed by atoms with Crippen LogP contribution in [0.1, 0.15) is 74.8 Å². The molecule has 0 saturated heterocycles. The molecular weight excluding hydrogens is 536 g/mol. The van der Waals surface area contributed by atoms with Gasteiger partial charge in [0.1, 0.15) is 40.2 Å². The number of hydrogen-bond acceptors (Lipinski definition) is 11. The molecule has 4 aromatic carbocycles. The number of fused-ring (bicyclic) bond motifs is 4. The zero-order chi connectivity index (χ0) is 29.8. The number of aromatic hydroxyl groups is 7. The number of carbonyl (C=O) groups is 4. The maximum absolute atomic E-state index is 13.9. The number of phenolic OH excluding ortho intramolecular Hbond substituents is 7. The molecule has 0 bridgehead atoms. The minimum absolute atomic E-state index is 0.0434. The summed E-state index contributed by atoms with van der Waals surface area (Å²) in [5, 5.41) is 74.6. The van der Waals surface area contributed by atoms with Gasteiger partial charge in [-0.2, -0.15) is 0 Å². The smallest absolute Gasteiger partial charge is 0.202 e. The summed E-state index contributed by atoms with van der Waals surface area (Å²) in [6.45, 7) is 2.74. The Kier molecular flexibility index (Phi) is 5.02. The van der Waals surface area contributed by atoms with E-state index in [9.17, 15) is 54.9 Å². The van der Waals surface area contributed by atoms with Gasteiger partial charge in [0, 0.05) is 22.8 Å². The van der Waals surface area contributed by atoms with E-state index in [-0.39, 0.29) is 16.7 Å². The normalized spacial score (nSPS) is 13.5. The highest BCUT2D eigenvalue weighted by molar-refractivity contribution is 6.36. The van der Waals surface area contributed by atoms with Crippen molar-refractivity contribution in [3.8, 4) is 51.4 Å². The average Bonchev–Trinajstić information content (AvgIpc) is 2.89. The zero-order valence-corrected chi connectivity index (χ0v) is 21.2. The molecule has 0 heterocycles. The fourth-order valence-electron chi connectivity index (χ4n) is 5.63. The largest absolute Gasteiger partial charge is 0.507 e. The highest BCUT2D eigenvalue weighted by atomic mass is 16.3. The summed E-state index contributed by atoms with van der Waals surface area (Å²) >= 11 is 0. The number of rotatable bonds is 1. The SMILES string of the molecule is Cc1cc(O)c2c(c1O)C(=O)c1c(-c3c(O)cc(O)c4c3C(=O)c3c(O)c(C)cc(O)c3C4=O)ccc(O)c1C2=O. The first kappa shape index (κ1) is 25.4. The van der Waals surface area contributed by atoms with Gasteiger partial charge in [-0.25, -0.2) is 0 Å². The van der Waals surface area contributed by atoms with Gasteiger partial charge in [-0.3, -0.25) is 19.2 Å². The Bertz CT molecular complexity index is 2000. The van der Waals surface area contributed by atoms with Crippen molar-refractivity contribution in [2.75, 3.05) is 0 Å². The molecule has 6 rings (SSSR count). The second-order valence-corrected chi connectivity index (χ2v) is 9.86. The van der Waals surface area contributed by atoms with Gasteiger partial charge < -0.3 is 35.7 Å². The maximum Gasteiger partial charge on any atom is 0.202 e. The Morgan fingerprint density at radius 2 is 0.756 bits per heavy atom. The van der Waals surface area contributed by atoms with Crippen molar-refractivity contribution < 1.29 is 54.9 Å². The standard InChI is InChI=1S/C30H18O11/c1-8-5-12(32)20-23(25(8)36)27(38)17-10(3-4-11(31)18(17)28(20)39)16-14(34)7-15(35)19-22(16)30(41)24-21(29(19)40)13(33)6-9(2)26(24)37/h3-7,31-37H,1-2H3. The molecule has 11 nitrogen and oxygen atoms in total. The van der Waals surface area contributed by atoms with E-state index in [0.29, 0.717) is 0 Å². The number of phenols is 7. The molecule has 0 saturated carbocycles. The minimum Gasteiger partial charge on any atom is -0.507 e. The van der Waals surface area contributed by atoms with E-state index in [4.69, 9.17) is 0 Å². The number of carbonyl (C=O) groups excluding carboxylic acids is 4. The maximum atomic E-state index is 13.9. The van der Waals surface area contributed by atoms with Gasteiger partial charge in [-0.05, 0) is 54.8 Å². The van der Waals surface area contributed by atoms with Crippen LogP contribution in [0.2, 0.25) is 0 Å². The van der Waals surface area contributed by atoms with E-state index in [1.54, 1.807) is 0 Å². The molecule has 0 unspecified atom stereocenters. The molecule has 0 spiro atoms. The van der Waals surface area contributed by atoms with Gasteiger partial charge in [0.15, 0.2) is 11.6 Å².